The second-order valence-electron chi connectivity index (χ2n) is 3.96. The van der Waals surface area contributed by atoms with Gasteiger partial charge in [-0.25, -0.2) is 4.79 Å². The molecule has 0 saturated heterocycles. The summed E-state index contributed by atoms with van der Waals surface area (Å²) >= 11 is 0. The van der Waals surface area contributed by atoms with Gasteiger partial charge in [0.1, 0.15) is 6.61 Å². The van der Waals surface area contributed by atoms with Crippen molar-refractivity contribution >= 4 is 0 Å². The van der Waals surface area contributed by atoms with Crippen LogP contribution in [-0.2, 0) is 13.7 Å². The lowest BCUT2D eigenvalue weighted by atomic mass is 10.2. The van der Waals surface area contributed by atoms with Crippen LogP contribution in [0.15, 0.2) is 35.5 Å². The normalized spacial score (nSPS) is 11.3. The quantitative estimate of drug-likeness (QED) is 0.698. The average molecular weight is 275 g/mol. The Labute approximate surface area is 114 Å². The Morgan fingerprint density at radius 2 is 2.35 bits per heavy atom. The van der Waals surface area contributed by atoms with Crippen LogP contribution < -0.4 is 10.4 Å². The molecule has 0 saturated carbocycles. The summed E-state index contributed by atoms with van der Waals surface area (Å²) in [6, 6.07) is 3.22. The topological polar surface area (TPSA) is 104 Å². The Morgan fingerprint density at radius 3 is 3.05 bits per heavy atom. The number of nitrogens with zero attached hydrogens (tertiary/aromatic N) is 6. The van der Waals surface area contributed by atoms with Gasteiger partial charge in [0, 0.05) is 37.3 Å². The maximum Gasteiger partial charge on any atom is 0.368 e. The number of tetrazole rings is 1. The molecule has 0 atom stereocenters. The van der Waals surface area contributed by atoms with E-state index in [1.807, 2.05) is 0 Å². The van der Waals surface area contributed by atoms with Gasteiger partial charge in [-0.05, 0) is 16.5 Å². The van der Waals surface area contributed by atoms with Crippen molar-refractivity contribution in [2.24, 2.45) is 7.05 Å². The van der Waals surface area contributed by atoms with Gasteiger partial charge in [-0.2, -0.15) is 9.36 Å². The van der Waals surface area contributed by atoms with Crippen molar-refractivity contribution in [2.45, 2.75) is 6.61 Å². The first-order valence-corrected chi connectivity index (χ1v) is 5.75. The van der Waals surface area contributed by atoms with Gasteiger partial charge in [0.2, 0.25) is 5.88 Å². The maximum absolute atomic E-state index is 11.9. The molecule has 0 fully saturated rings. The third-order valence-electron chi connectivity index (χ3n) is 2.64. The zero-order chi connectivity index (χ0) is 14.8. The first-order valence-electron chi connectivity index (χ1n) is 6.20. The number of pyridine rings is 1. The summed E-state index contributed by atoms with van der Waals surface area (Å²) in [4.78, 5) is 15.9. The summed E-state index contributed by atoms with van der Waals surface area (Å²) in [7, 11) is 1.52. The van der Waals surface area contributed by atoms with Crippen molar-refractivity contribution in [2.75, 3.05) is 0 Å². The molecule has 0 bridgehead atoms. The number of rotatable bonds is 4. The average Bonchev–Trinajstić information content (AvgIpc) is 3.04. The van der Waals surface area contributed by atoms with E-state index in [1.165, 1.54) is 17.9 Å². The summed E-state index contributed by atoms with van der Waals surface area (Å²) in [5.74, 6) is 0.311. The van der Waals surface area contributed by atoms with Gasteiger partial charge in [-0.15, -0.1) is 5.10 Å². The van der Waals surface area contributed by atoms with Gasteiger partial charge in [0.25, 0.3) is 0 Å². The fourth-order valence-electron chi connectivity index (χ4n) is 1.65. The molecule has 0 radical (unpaired) electrons. The Bertz CT molecular complexity index is 822. The maximum atomic E-state index is 11.9. The molecule has 0 aliphatic rings. The zero-order valence-corrected chi connectivity index (χ0v) is 10.5. The zero-order valence-electron chi connectivity index (χ0n) is 11.5. The van der Waals surface area contributed by atoms with Crippen LogP contribution in [0.5, 0.6) is 5.88 Å². The summed E-state index contributed by atoms with van der Waals surface area (Å²) < 4.78 is 15.0. The number of nitrogens with one attached hydrogen (secondary N) is 1. The van der Waals surface area contributed by atoms with Gasteiger partial charge in [-0.3, -0.25) is 10.1 Å². The number of aromatic nitrogens is 7. The van der Waals surface area contributed by atoms with Gasteiger partial charge in [0.15, 0.2) is 1.41 Å². The molecular weight excluding hydrogens is 262 g/mol. The third kappa shape index (κ3) is 2.16. The third-order valence-corrected chi connectivity index (χ3v) is 2.64. The summed E-state index contributed by atoms with van der Waals surface area (Å²) in [6.45, 7) is 0.142. The predicted octanol–water partition coefficient (Wildman–Crippen LogP) is -0.337. The molecule has 3 heterocycles. The van der Waals surface area contributed by atoms with Crippen LogP contribution in [0.25, 0.3) is 5.69 Å². The van der Waals surface area contributed by atoms with Crippen molar-refractivity contribution in [3.8, 4) is 11.6 Å². The molecule has 0 amide bonds. The molecule has 0 aliphatic carbocycles. The lowest BCUT2D eigenvalue weighted by Gasteiger charge is -2.07. The van der Waals surface area contributed by atoms with Crippen molar-refractivity contribution in [1.29, 1.82) is 0 Å². The largest absolute Gasteiger partial charge is 0.472 e. The van der Waals surface area contributed by atoms with Crippen molar-refractivity contribution in [3.05, 3.63) is 46.8 Å². The van der Waals surface area contributed by atoms with E-state index in [4.69, 9.17) is 6.15 Å². The minimum Gasteiger partial charge on any atom is -0.472 e. The van der Waals surface area contributed by atoms with Gasteiger partial charge < -0.3 is 4.74 Å². The van der Waals surface area contributed by atoms with Gasteiger partial charge >= 0.3 is 5.69 Å². The van der Waals surface area contributed by atoms with Crippen LogP contribution in [0.3, 0.4) is 0 Å². The Hall–Kier alpha value is -2.97. The van der Waals surface area contributed by atoms with Gasteiger partial charge in [0.05, 0.1) is 5.69 Å². The Morgan fingerprint density at radius 1 is 1.45 bits per heavy atom. The van der Waals surface area contributed by atoms with E-state index < -0.39 is 0 Å². The lowest BCUT2D eigenvalue weighted by molar-refractivity contribution is 0.292. The molecule has 3 aromatic heterocycles. The molecule has 20 heavy (non-hydrogen) atoms. The van der Waals surface area contributed by atoms with E-state index in [-0.39, 0.29) is 12.3 Å². The summed E-state index contributed by atoms with van der Waals surface area (Å²) in [5, 5.41) is 12.1. The molecule has 0 spiro atoms. The molecule has 1 N–H and O–H groups in total. The number of ether oxygens (including phenoxy) is 1. The molecular formula is C11H11N7O2. The van der Waals surface area contributed by atoms with Crippen molar-refractivity contribution < 1.29 is 6.15 Å². The monoisotopic (exact) mass is 275 g/mol. The van der Waals surface area contributed by atoms with Crippen molar-refractivity contribution in [1.82, 2.24) is 35.0 Å². The molecule has 102 valence electrons. The highest BCUT2D eigenvalue weighted by Crippen LogP contribution is 2.13. The van der Waals surface area contributed by atoms with Crippen LogP contribution >= 0.6 is 0 Å². The van der Waals surface area contributed by atoms with E-state index in [0.717, 1.165) is 9.77 Å². The fourth-order valence-corrected chi connectivity index (χ4v) is 1.65. The number of hydrogen-bond donors (Lipinski definition) is 1. The molecule has 9 nitrogen and oxygen atoms in total. The standard InChI is InChI=1S/C11H11N7O2/c1-17-11(19)18(16-15-17)9-2-4-12-6-8(9)7-20-10-3-5-13-14-10/h2-6H,7H2,1H3,(H,13,14)/i/hT. The highest BCUT2D eigenvalue weighted by Gasteiger charge is 2.11. The fraction of sp³-hybridized carbons (Fsp3) is 0.182. The SMILES string of the molecule is [3H]n1ccc(OCc2cnccc2-n2nnn(C)c2=O)n1. The van der Waals surface area contributed by atoms with Crippen LogP contribution in [0.1, 0.15) is 5.56 Å². The predicted molar refractivity (Wildman–Crippen MR) is 67.3 cm³/mol. The molecule has 3 rings (SSSR count). The second-order valence-corrected chi connectivity index (χ2v) is 3.96. The molecule has 3 aromatic rings. The van der Waals surface area contributed by atoms with E-state index in [9.17, 15) is 4.79 Å². The Balaban J connectivity index is 1.89. The first kappa shape index (κ1) is 10.9. The molecule has 0 unspecified atom stereocenters. The molecule has 0 aromatic carbocycles. The highest BCUT2D eigenvalue weighted by atomic mass is 16.5. The summed E-state index contributed by atoms with van der Waals surface area (Å²) in [6.07, 6.45) is 4.58. The summed E-state index contributed by atoms with van der Waals surface area (Å²) in [5.41, 5.74) is 0.825. The van der Waals surface area contributed by atoms with E-state index in [0.29, 0.717) is 17.1 Å². The first-order chi connectivity index (χ1) is 10.1. The second kappa shape index (κ2) is 4.96. The minimum atomic E-state index is -0.363. The lowest BCUT2D eigenvalue weighted by Crippen LogP contribution is -2.23. The molecule has 9 heteroatoms. The van der Waals surface area contributed by atoms with Crippen LogP contribution in [0, 0.1) is 0 Å². The van der Waals surface area contributed by atoms with E-state index >= 15 is 0 Å². The van der Waals surface area contributed by atoms with E-state index in [2.05, 4.69) is 20.5 Å². The van der Waals surface area contributed by atoms with Crippen LogP contribution in [-0.4, -0.2) is 35.0 Å². The Kier molecular flexibility index (Phi) is 2.70. The smallest absolute Gasteiger partial charge is 0.368 e. The van der Waals surface area contributed by atoms with Gasteiger partial charge in [-0.1, -0.05) is 0 Å². The number of H-pyrrole nitrogens is 1. The van der Waals surface area contributed by atoms with Crippen molar-refractivity contribution in [3.63, 3.8) is 0 Å². The minimum absolute atomic E-state index is 0.142. The van der Waals surface area contributed by atoms with Crippen LogP contribution in [0.2, 0.25) is 1.41 Å². The number of aryl methyl sites for hydroxylation is 1. The highest BCUT2D eigenvalue weighted by molar-refractivity contribution is 5.37. The number of hydrogen-bond acceptors (Lipinski definition) is 6. The van der Waals surface area contributed by atoms with E-state index in [1.54, 1.807) is 24.5 Å². The number of aromatic amines is 1. The molecule has 0 aliphatic heterocycles. The van der Waals surface area contributed by atoms with Crippen LogP contribution in [0.4, 0.5) is 0 Å².